The second kappa shape index (κ2) is 7.57. The predicted octanol–water partition coefficient (Wildman–Crippen LogP) is 4.25. The molecule has 0 aliphatic heterocycles. The van der Waals surface area contributed by atoms with E-state index in [0.717, 1.165) is 17.7 Å². The number of aromatic carboxylic acids is 1. The Kier molecular flexibility index (Phi) is 5.69. The number of carboxylic acid groups (broad SMARTS) is 1. The number of nitrogens with zero attached hydrogens (tertiary/aromatic N) is 1. The Labute approximate surface area is 143 Å². The van der Waals surface area contributed by atoms with Crippen LogP contribution in [0.2, 0.25) is 0 Å². The molecule has 0 heterocycles. The molecule has 2 rings (SSSR count). The van der Waals surface area contributed by atoms with Gasteiger partial charge in [0.05, 0.1) is 16.8 Å². The van der Waals surface area contributed by atoms with E-state index in [1.165, 1.54) is 18.2 Å². The Morgan fingerprint density at radius 1 is 1.16 bits per heavy atom. The lowest BCUT2D eigenvalue weighted by Gasteiger charge is -2.17. The van der Waals surface area contributed by atoms with Crippen molar-refractivity contribution in [2.75, 3.05) is 26.0 Å². The topological polar surface area (TPSA) is 52.6 Å². The summed E-state index contributed by atoms with van der Waals surface area (Å²) in [5, 5.41) is 12.3. The van der Waals surface area contributed by atoms with Crippen LogP contribution in [0, 0.1) is 0 Å². The van der Waals surface area contributed by atoms with Gasteiger partial charge in [0.15, 0.2) is 0 Å². The molecule has 4 nitrogen and oxygen atoms in total. The number of halogens is 3. The van der Waals surface area contributed by atoms with Gasteiger partial charge in [-0.25, -0.2) is 4.79 Å². The molecular weight excluding hydrogens is 333 g/mol. The molecule has 0 fully saturated rings. The molecule has 134 valence electrons. The van der Waals surface area contributed by atoms with Crippen molar-refractivity contribution in [2.45, 2.75) is 12.6 Å². The Bertz CT molecular complexity index is 758. The van der Waals surface area contributed by atoms with Gasteiger partial charge in [-0.3, -0.25) is 0 Å². The van der Waals surface area contributed by atoms with Gasteiger partial charge in [0.2, 0.25) is 0 Å². The summed E-state index contributed by atoms with van der Waals surface area (Å²) in [6.07, 6.45) is -3.90. The van der Waals surface area contributed by atoms with Crippen molar-refractivity contribution in [1.29, 1.82) is 0 Å². The normalized spacial score (nSPS) is 11.6. The van der Waals surface area contributed by atoms with E-state index in [9.17, 15) is 23.1 Å². The van der Waals surface area contributed by atoms with Crippen LogP contribution in [0.25, 0.3) is 0 Å². The van der Waals surface area contributed by atoms with Crippen LogP contribution in [0.4, 0.5) is 24.5 Å². The first-order valence-electron chi connectivity index (χ1n) is 7.62. The van der Waals surface area contributed by atoms with Crippen molar-refractivity contribution >= 4 is 17.3 Å². The van der Waals surface area contributed by atoms with E-state index in [1.54, 1.807) is 12.1 Å². The number of hydrogen-bond acceptors (Lipinski definition) is 3. The highest BCUT2D eigenvalue weighted by atomic mass is 19.4. The van der Waals surface area contributed by atoms with Gasteiger partial charge in [-0.2, -0.15) is 13.2 Å². The molecule has 2 aromatic rings. The van der Waals surface area contributed by atoms with E-state index in [1.807, 2.05) is 19.0 Å². The Balaban J connectivity index is 2.41. The summed E-state index contributed by atoms with van der Waals surface area (Å²) < 4.78 is 38.6. The molecule has 0 aliphatic carbocycles. The smallest absolute Gasteiger partial charge is 0.416 e. The van der Waals surface area contributed by atoms with Crippen LogP contribution in [0.15, 0.2) is 42.5 Å². The van der Waals surface area contributed by atoms with Gasteiger partial charge in [0, 0.05) is 12.2 Å². The fraction of sp³-hybridized carbons (Fsp3) is 0.278. The van der Waals surface area contributed by atoms with Crippen LogP contribution in [-0.4, -0.2) is 36.6 Å². The fourth-order valence-corrected chi connectivity index (χ4v) is 2.40. The van der Waals surface area contributed by atoms with Crippen LogP contribution in [0.3, 0.4) is 0 Å². The van der Waals surface area contributed by atoms with Crippen LogP contribution in [0.1, 0.15) is 21.5 Å². The van der Waals surface area contributed by atoms with Crippen LogP contribution in [0.5, 0.6) is 0 Å². The minimum atomic E-state index is -4.46. The molecule has 0 saturated carbocycles. The van der Waals surface area contributed by atoms with Crippen molar-refractivity contribution in [3.63, 3.8) is 0 Å². The average molecular weight is 352 g/mol. The van der Waals surface area contributed by atoms with Crippen LogP contribution in [-0.2, 0) is 12.6 Å². The van der Waals surface area contributed by atoms with Gasteiger partial charge in [-0.05, 0) is 50.3 Å². The molecule has 0 atom stereocenters. The Hall–Kier alpha value is -2.54. The third kappa shape index (κ3) is 4.96. The molecule has 25 heavy (non-hydrogen) atoms. The number of nitrogens with one attached hydrogen (secondary N) is 1. The molecule has 0 unspecified atom stereocenters. The zero-order valence-electron chi connectivity index (χ0n) is 13.9. The third-order valence-corrected chi connectivity index (χ3v) is 3.67. The highest BCUT2D eigenvalue weighted by Gasteiger charge is 2.30. The van der Waals surface area contributed by atoms with Crippen molar-refractivity contribution in [1.82, 2.24) is 4.90 Å². The van der Waals surface area contributed by atoms with Crippen LogP contribution < -0.4 is 5.32 Å². The van der Waals surface area contributed by atoms with E-state index in [4.69, 9.17) is 0 Å². The van der Waals surface area contributed by atoms with Crippen molar-refractivity contribution in [2.24, 2.45) is 0 Å². The monoisotopic (exact) mass is 352 g/mol. The Morgan fingerprint density at radius 3 is 2.44 bits per heavy atom. The third-order valence-electron chi connectivity index (χ3n) is 3.67. The summed E-state index contributed by atoms with van der Waals surface area (Å²) in [5.41, 5.74) is 0.464. The number of rotatable bonds is 6. The number of para-hydroxylation sites is 1. The number of benzene rings is 2. The highest BCUT2D eigenvalue weighted by Crippen LogP contribution is 2.32. The maximum atomic E-state index is 12.9. The molecule has 0 radical (unpaired) electrons. The number of carbonyl (C=O) groups is 1. The molecule has 0 aromatic heterocycles. The molecule has 0 bridgehead atoms. The van der Waals surface area contributed by atoms with Gasteiger partial charge >= 0.3 is 12.1 Å². The van der Waals surface area contributed by atoms with Gasteiger partial charge in [0.25, 0.3) is 0 Å². The van der Waals surface area contributed by atoms with Gasteiger partial charge in [0.1, 0.15) is 0 Å². The standard InChI is InChI=1S/C18H19F3N2O2/c1-23(2)10-9-12-5-3-8-15(17(24)25)16(12)22-14-7-4-6-13(11-14)18(19,20)21/h3-8,11,22H,9-10H2,1-2H3,(H,24,25). The lowest BCUT2D eigenvalue weighted by atomic mass is 10.0. The minimum Gasteiger partial charge on any atom is -0.478 e. The van der Waals surface area contributed by atoms with Gasteiger partial charge in [-0.1, -0.05) is 18.2 Å². The van der Waals surface area contributed by atoms with Crippen molar-refractivity contribution in [3.8, 4) is 0 Å². The van der Waals surface area contributed by atoms with E-state index >= 15 is 0 Å². The summed E-state index contributed by atoms with van der Waals surface area (Å²) in [5.74, 6) is -1.14. The first-order chi connectivity index (χ1) is 11.7. The zero-order valence-corrected chi connectivity index (χ0v) is 13.9. The molecular formula is C18H19F3N2O2. The number of likely N-dealkylation sites (N-methyl/N-ethyl adjacent to an activating group) is 1. The van der Waals surface area contributed by atoms with E-state index in [-0.39, 0.29) is 11.3 Å². The summed E-state index contributed by atoms with van der Waals surface area (Å²) >= 11 is 0. The molecule has 0 spiro atoms. The largest absolute Gasteiger partial charge is 0.478 e. The number of anilines is 2. The molecule has 0 amide bonds. The van der Waals surface area contributed by atoms with E-state index in [0.29, 0.717) is 18.7 Å². The van der Waals surface area contributed by atoms with Crippen molar-refractivity contribution in [3.05, 3.63) is 59.2 Å². The second-order valence-corrected chi connectivity index (χ2v) is 5.90. The summed E-state index contributed by atoms with van der Waals surface area (Å²) in [6, 6.07) is 9.53. The predicted molar refractivity (Wildman–Crippen MR) is 90.4 cm³/mol. The molecule has 2 N–H and O–H groups in total. The molecule has 0 aliphatic rings. The first kappa shape index (κ1) is 18.8. The number of carboxylic acids is 1. The first-order valence-corrected chi connectivity index (χ1v) is 7.62. The molecule has 0 saturated heterocycles. The van der Waals surface area contributed by atoms with Crippen LogP contribution >= 0.6 is 0 Å². The maximum absolute atomic E-state index is 12.9. The quantitative estimate of drug-likeness (QED) is 0.816. The molecule has 2 aromatic carbocycles. The highest BCUT2D eigenvalue weighted by molar-refractivity contribution is 5.96. The lowest BCUT2D eigenvalue weighted by molar-refractivity contribution is -0.137. The van der Waals surface area contributed by atoms with E-state index in [2.05, 4.69) is 5.32 Å². The van der Waals surface area contributed by atoms with Crippen molar-refractivity contribution < 1.29 is 23.1 Å². The van der Waals surface area contributed by atoms with E-state index < -0.39 is 17.7 Å². The van der Waals surface area contributed by atoms with Gasteiger partial charge < -0.3 is 15.3 Å². The average Bonchev–Trinajstić information content (AvgIpc) is 2.53. The zero-order chi connectivity index (χ0) is 18.6. The number of alkyl halides is 3. The SMILES string of the molecule is CN(C)CCc1cccc(C(=O)O)c1Nc1cccc(C(F)(F)F)c1. The summed E-state index contributed by atoms with van der Waals surface area (Å²) in [6.45, 7) is 0.681. The maximum Gasteiger partial charge on any atom is 0.416 e. The lowest BCUT2D eigenvalue weighted by Crippen LogP contribution is -2.16. The fourth-order valence-electron chi connectivity index (χ4n) is 2.40. The molecule has 7 heteroatoms. The Morgan fingerprint density at radius 2 is 1.84 bits per heavy atom. The summed E-state index contributed by atoms with van der Waals surface area (Å²) in [4.78, 5) is 13.4. The number of hydrogen-bond donors (Lipinski definition) is 2. The second-order valence-electron chi connectivity index (χ2n) is 5.90. The minimum absolute atomic E-state index is 0.0219. The summed E-state index contributed by atoms with van der Waals surface area (Å²) in [7, 11) is 3.78. The van der Waals surface area contributed by atoms with Gasteiger partial charge in [-0.15, -0.1) is 0 Å².